The molecule has 0 radical (unpaired) electrons. The van der Waals surface area contributed by atoms with E-state index in [-0.39, 0.29) is 35.8 Å². The largest absolute Gasteiger partial charge is 0.487 e. The second-order valence-electron chi connectivity index (χ2n) is 6.64. The number of anilines is 2. The van der Waals surface area contributed by atoms with Gasteiger partial charge in [-0.3, -0.25) is 4.79 Å². The van der Waals surface area contributed by atoms with E-state index in [9.17, 15) is 26.7 Å². The minimum Gasteiger partial charge on any atom is -0.487 e. The van der Waals surface area contributed by atoms with Crippen LogP contribution in [-0.4, -0.2) is 31.7 Å². The van der Waals surface area contributed by atoms with Crippen LogP contribution in [0.25, 0.3) is 0 Å². The highest BCUT2D eigenvalue weighted by molar-refractivity contribution is 5.98. The van der Waals surface area contributed by atoms with Crippen molar-refractivity contribution in [1.29, 1.82) is 0 Å². The van der Waals surface area contributed by atoms with Crippen LogP contribution in [0.2, 0.25) is 0 Å². The molecule has 10 heteroatoms. The summed E-state index contributed by atoms with van der Waals surface area (Å²) in [4.78, 5) is 11.4. The molecule has 1 fully saturated rings. The molecule has 1 aromatic rings. The van der Waals surface area contributed by atoms with Gasteiger partial charge in [-0.2, -0.15) is 13.2 Å². The first kappa shape index (κ1) is 21.0. The molecule has 5 N–H and O–H groups in total. The monoisotopic (exact) mass is 395 g/mol. The van der Waals surface area contributed by atoms with Crippen LogP contribution in [0.4, 0.5) is 33.3 Å². The molecular formula is C17H22F5N3O2. The van der Waals surface area contributed by atoms with Gasteiger partial charge >= 0.3 is 6.18 Å². The van der Waals surface area contributed by atoms with Crippen molar-refractivity contribution in [3.05, 3.63) is 17.7 Å². The van der Waals surface area contributed by atoms with Gasteiger partial charge in [0.25, 0.3) is 12.3 Å². The van der Waals surface area contributed by atoms with E-state index in [1.807, 2.05) is 0 Å². The lowest BCUT2D eigenvalue weighted by Gasteiger charge is -2.30. The van der Waals surface area contributed by atoms with Gasteiger partial charge in [-0.15, -0.1) is 0 Å². The van der Waals surface area contributed by atoms with Crippen LogP contribution >= 0.6 is 0 Å². The Labute approximate surface area is 153 Å². The number of carbonyl (C=O) groups is 1. The number of nitrogens with two attached hydrogens (primary N) is 2. The Morgan fingerprint density at radius 1 is 1.22 bits per heavy atom. The van der Waals surface area contributed by atoms with Gasteiger partial charge < -0.3 is 21.5 Å². The van der Waals surface area contributed by atoms with Crippen LogP contribution in [0.3, 0.4) is 0 Å². The molecule has 2 rings (SSSR count). The molecule has 1 aliphatic carbocycles. The fraction of sp³-hybridized carbons (Fsp3) is 0.588. The van der Waals surface area contributed by atoms with Crippen molar-refractivity contribution in [2.24, 2.45) is 17.6 Å². The number of hydrogen-bond acceptors (Lipinski definition) is 4. The van der Waals surface area contributed by atoms with Crippen LogP contribution in [0, 0.1) is 11.8 Å². The van der Waals surface area contributed by atoms with Gasteiger partial charge in [0.2, 0.25) is 0 Å². The third kappa shape index (κ3) is 5.86. The van der Waals surface area contributed by atoms with Crippen LogP contribution in [0.1, 0.15) is 36.0 Å². The van der Waals surface area contributed by atoms with E-state index in [0.29, 0.717) is 25.1 Å². The molecular weight excluding hydrogens is 373 g/mol. The van der Waals surface area contributed by atoms with E-state index in [2.05, 4.69) is 5.32 Å². The summed E-state index contributed by atoms with van der Waals surface area (Å²) in [6.45, 7) is -0.538. The Morgan fingerprint density at radius 3 is 2.37 bits per heavy atom. The molecule has 0 heterocycles. The molecule has 1 aromatic carbocycles. The van der Waals surface area contributed by atoms with Crippen molar-refractivity contribution in [3.8, 4) is 5.75 Å². The third-order valence-corrected chi connectivity index (χ3v) is 4.67. The number of halogens is 5. The van der Waals surface area contributed by atoms with E-state index < -0.39 is 31.0 Å². The summed E-state index contributed by atoms with van der Waals surface area (Å²) in [5.74, 6) is -2.23. The molecule has 0 spiro atoms. The van der Waals surface area contributed by atoms with E-state index >= 15 is 0 Å². The predicted molar refractivity (Wildman–Crippen MR) is 90.9 cm³/mol. The molecule has 5 nitrogen and oxygen atoms in total. The highest BCUT2D eigenvalue weighted by Gasteiger charge is 2.41. The average Bonchev–Trinajstić information content (AvgIpc) is 2.58. The molecule has 1 amide bonds. The number of hydrogen-bond donors (Lipinski definition) is 3. The first-order valence-corrected chi connectivity index (χ1v) is 8.52. The minimum atomic E-state index is -4.16. The fourth-order valence-corrected chi connectivity index (χ4v) is 3.16. The molecule has 1 saturated carbocycles. The molecule has 0 unspecified atom stereocenters. The second kappa shape index (κ2) is 8.62. The van der Waals surface area contributed by atoms with Crippen LogP contribution < -0.4 is 21.5 Å². The molecule has 152 valence electrons. The van der Waals surface area contributed by atoms with Gasteiger partial charge in [0, 0.05) is 12.6 Å². The maximum atomic E-state index is 12.7. The van der Waals surface area contributed by atoms with Crippen LogP contribution in [-0.2, 0) is 0 Å². The van der Waals surface area contributed by atoms with Gasteiger partial charge in [-0.05, 0) is 37.7 Å². The predicted octanol–water partition coefficient (Wildman–Crippen LogP) is 3.79. The molecule has 0 bridgehead atoms. The molecule has 0 aliphatic heterocycles. The Morgan fingerprint density at radius 2 is 1.85 bits per heavy atom. The Bertz CT molecular complexity index is 659. The summed E-state index contributed by atoms with van der Waals surface area (Å²) in [5.41, 5.74) is 11.5. The molecule has 0 aromatic heterocycles. The lowest BCUT2D eigenvalue weighted by molar-refractivity contribution is -0.183. The maximum absolute atomic E-state index is 12.7. The minimum absolute atomic E-state index is 0.0317. The summed E-state index contributed by atoms with van der Waals surface area (Å²) in [7, 11) is 0. The van der Waals surface area contributed by atoms with Crippen molar-refractivity contribution < 1.29 is 31.5 Å². The van der Waals surface area contributed by atoms with Crippen molar-refractivity contribution in [2.75, 3.05) is 24.2 Å². The Kier molecular flexibility index (Phi) is 6.72. The zero-order valence-electron chi connectivity index (χ0n) is 14.5. The summed E-state index contributed by atoms with van der Waals surface area (Å²) in [6.07, 6.45) is -5.90. The maximum Gasteiger partial charge on any atom is 0.391 e. The molecule has 1 aliphatic rings. The standard InChI is InChI=1S/C17H22F5N3O2/c18-15(19)8-27-14-6-13(12(23)5-11(14)16(24)26)25-7-9-1-3-10(4-2-9)17(20,21)22/h5-6,9-10,15,25H,1-4,7-8,23H2,(H2,24,26). The van der Waals surface area contributed by atoms with Gasteiger partial charge in [0.05, 0.1) is 22.9 Å². The number of ether oxygens (including phenoxy) is 1. The number of alkyl halides is 5. The van der Waals surface area contributed by atoms with E-state index in [4.69, 9.17) is 16.2 Å². The normalized spacial score (nSPS) is 20.5. The Hall–Kier alpha value is -2.26. The number of amides is 1. The number of carbonyl (C=O) groups excluding carboxylic acids is 1. The molecule has 0 atom stereocenters. The summed E-state index contributed by atoms with van der Waals surface area (Å²) >= 11 is 0. The average molecular weight is 395 g/mol. The first-order valence-electron chi connectivity index (χ1n) is 8.52. The zero-order valence-corrected chi connectivity index (χ0v) is 14.5. The van der Waals surface area contributed by atoms with Gasteiger partial charge in [-0.25, -0.2) is 8.78 Å². The smallest absolute Gasteiger partial charge is 0.391 e. The quantitative estimate of drug-likeness (QED) is 0.484. The topological polar surface area (TPSA) is 90.4 Å². The van der Waals surface area contributed by atoms with Crippen molar-refractivity contribution >= 4 is 17.3 Å². The lowest BCUT2D eigenvalue weighted by Crippen LogP contribution is -2.30. The SMILES string of the molecule is NC(=O)c1cc(N)c(NCC2CCC(C(F)(F)F)CC2)cc1OCC(F)F. The van der Waals surface area contributed by atoms with E-state index in [0.717, 1.165) is 0 Å². The Balaban J connectivity index is 2.02. The third-order valence-electron chi connectivity index (χ3n) is 4.67. The number of primary amides is 1. The highest BCUT2D eigenvalue weighted by atomic mass is 19.4. The van der Waals surface area contributed by atoms with Crippen molar-refractivity contribution in [3.63, 3.8) is 0 Å². The van der Waals surface area contributed by atoms with Gasteiger partial charge in [-0.1, -0.05) is 0 Å². The van der Waals surface area contributed by atoms with Gasteiger partial charge in [0.1, 0.15) is 12.4 Å². The van der Waals surface area contributed by atoms with E-state index in [1.165, 1.54) is 12.1 Å². The zero-order chi connectivity index (χ0) is 20.2. The molecule has 0 saturated heterocycles. The number of benzene rings is 1. The highest BCUT2D eigenvalue weighted by Crippen LogP contribution is 2.39. The molecule has 27 heavy (non-hydrogen) atoms. The number of nitrogen functional groups attached to an aromatic ring is 1. The second-order valence-corrected chi connectivity index (χ2v) is 6.64. The van der Waals surface area contributed by atoms with Gasteiger partial charge in [0.15, 0.2) is 0 Å². The van der Waals surface area contributed by atoms with Crippen LogP contribution in [0.5, 0.6) is 5.75 Å². The number of rotatable bonds is 7. The van der Waals surface area contributed by atoms with Crippen molar-refractivity contribution in [1.82, 2.24) is 0 Å². The lowest BCUT2D eigenvalue weighted by atomic mass is 9.81. The summed E-state index contributed by atoms with van der Waals surface area (Å²) in [5, 5.41) is 3.00. The fourth-order valence-electron chi connectivity index (χ4n) is 3.16. The first-order chi connectivity index (χ1) is 12.6. The summed E-state index contributed by atoms with van der Waals surface area (Å²) in [6, 6.07) is 2.53. The van der Waals surface area contributed by atoms with E-state index in [1.54, 1.807) is 0 Å². The number of nitrogens with one attached hydrogen (secondary N) is 1. The van der Waals surface area contributed by atoms with Crippen LogP contribution in [0.15, 0.2) is 12.1 Å². The van der Waals surface area contributed by atoms with Crippen molar-refractivity contribution in [2.45, 2.75) is 38.3 Å². The summed E-state index contributed by atoms with van der Waals surface area (Å²) < 4.78 is 67.8.